The number of nitrogens with zero attached hydrogens (tertiary/aromatic N) is 3. The second-order valence-electron chi connectivity index (χ2n) is 8.73. The third-order valence-corrected chi connectivity index (χ3v) is 6.01. The molecule has 0 aliphatic carbocycles. The summed E-state index contributed by atoms with van der Waals surface area (Å²) in [5.41, 5.74) is 3.13. The minimum absolute atomic E-state index is 0.139. The highest BCUT2D eigenvalue weighted by Gasteiger charge is 2.35. The Labute approximate surface area is 211 Å². The van der Waals surface area contributed by atoms with Crippen molar-refractivity contribution in [2.24, 2.45) is 0 Å². The molecular formula is C27H32N4O5. The molecule has 0 radical (unpaired) electrons. The quantitative estimate of drug-likeness (QED) is 0.395. The molecule has 190 valence electrons. The SMILES string of the molecule is COc1ccc(-c2noc(C3=C(C)N(CCCOC(C)C)C(=O)NC3c3cccc(OC)c3)n2)cc1. The van der Waals surface area contributed by atoms with Crippen molar-refractivity contribution in [3.8, 4) is 22.9 Å². The Bertz CT molecular complexity index is 1220. The highest BCUT2D eigenvalue weighted by molar-refractivity contribution is 5.87. The summed E-state index contributed by atoms with van der Waals surface area (Å²) in [7, 11) is 3.23. The maximum absolute atomic E-state index is 13.2. The summed E-state index contributed by atoms with van der Waals surface area (Å²) in [6, 6.07) is 14.3. The average molecular weight is 493 g/mol. The molecule has 1 aliphatic rings. The van der Waals surface area contributed by atoms with Crippen LogP contribution in [0.1, 0.15) is 44.7 Å². The molecule has 2 aromatic carbocycles. The first-order valence-corrected chi connectivity index (χ1v) is 11.9. The Morgan fingerprint density at radius 1 is 1.08 bits per heavy atom. The second kappa shape index (κ2) is 11.3. The van der Waals surface area contributed by atoms with E-state index >= 15 is 0 Å². The van der Waals surface area contributed by atoms with Gasteiger partial charge in [-0.2, -0.15) is 4.98 Å². The lowest BCUT2D eigenvalue weighted by atomic mass is 9.94. The van der Waals surface area contributed by atoms with E-state index < -0.39 is 6.04 Å². The third kappa shape index (κ3) is 5.52. The van der Waals surface area contributed by atoms with Gasteiger partial charge in [0, 0.05) is 24.4 Å². The van der Waals surface area contributed by atoms with Crippen molar-refractivity contribution in [1.29, 1.82) is 0 Å². The van der Waals surface area contributed by atoms with Crippen LogP contribution in [0.3, 0.4) is 0 Å². The molecule has 0 spiro atoms. The van der Waals surface area contributed by atoms with Gasteiger partial charge in [0.25, 0.3) is 5.89 Å². The normalized spacial score (nSPS) is 15.9. The van der Waals surface area contributed by atoms with Gasteiger partial charge in [0.15, 0.2) is 0 Å². The Hall–Kier alpha value is -3.85. The predicted molar refractivity (Wildman–Crippen MR) is 136 cm³/mol. The van der Waals surface area contributed by atoms with Crippen LogP contribution in [0.2, 0.25) is 0 Å². The largest absolute Gasteiger partial charge is 0.497 e. The fraction of sp³-hybridized carbons (Fsp3) is 0.370. The molecule has 1 aliphatic heterocycles. The molecule has 0 saturated heterocycles. The van der Waals surface area contributed by atoms with Crippen molar-refractivity contribution in [1.82, 2.24) is 20.4 Å². The standard InChI is InChI=1S/C27H32N4O5/c1-17(2)35-15-7-14-31-18(3)23(24(28-27(31)32)20-8-6-9-22(16-20)34-5)26-29-25(30-36-26)19-10-12-21(33-4)13-11-19/h6,8-13,16-17,24H,7,14-15H2,1-5H3,(H,28,32). The van der Waals surface area contributed by atoms with Gasteiger partial charge in [-0.1, -0.05) is 17.3 Å². The van der Waals surface area contributed by atoms with E-state index in [4.69, 9.17) is 23.7 Å². The Kier molecular flexibility index (Phi) is 7.90. The highest BCUT2D eigenvalue weighted by atomic mass is 16.5. The van der Waals surface area contributed by atoms with Gasteiger partial charge < -0.3 is 24.1 Å². The topological polar surface area (TPSA) is 99.0 Å². The van der Waals surface area contributed by atoms with Crippen LogP contribution in [0.25, 0.3) is 17.0 Å². The van der Waals surface area contributed by atoms with Crippen LogP contribution in [0.15, 0.2) is 58.8 Å². The van der Waals surface area contributed by atoms with E-state index in [-0.39, 0.29) is 12.1 Å². The number of hydrogen-bond acceptors (Lipinski definition) is 7. The number of hydrogen-bond donors (Lipinski definition) is 1. The molecule has 1 aromatic heterocycles. The monoisotopic (exact) mass is 492 g/mol. The number of methoxy groups -OCH3 is 2. The van der Waals surface area contributed by atoms with Crippen LogP contribution >= 0.6 is 0 Å². The van der Waals surface area contributed by atoms with E-state index in [1.165, 1.54) is 0 Å². The van der Waals surface area contributed by atoms with Crippen LogP contribution in [-0.4, -0.2) is 54.5 Å². The molecule has 9 nitrogen and oxygen atoms in total. The van der Waals surface area contributed by atoms with E-state index in [1.807, 2.05) is 69.3 Å². The summed E-state index contributed by atoms with van der Waals surface area (Å²) in [6.45, 7) is 6.95. The van der Waals surface area contributed by atoms with Crippen molar-refractivity contribution in [3.63, 3.8) is 0 Å². The average Bonchev–Trinajstić information content (AvgIpc) is 3.37. The Balaban J connectivity index is 1.71. The number of amides is 2. The Morgan fingerprint density at radius 3 is 2.53 bits per heavy atom. The van der Waals surface area contributed by atoms with Gasteiger partial charge in [0.05, 0.1) is 31.9 Å². The molecule has 1 unspecified atom stereocenters. The zero-order valence-electron chi connectivity index (χ0n) is 21.3. The van der Waals surface area contributed by atoms with E-state index in [0.717, 1.165) is 28.1 Å². The molecule has 9 heteroatoms. The number of aromatic nitrogens is 2. The van der Waals surface area contributed by atoms with Crippen molar-refractivity contribution in [2.45, 2.75) is 39.3 Å². The van der Waals surface area contributed by atoms with Crippen LogP contribution in [-0.2, 0) is 4.74 Å². The van der Waals surface area contributed by atoms with Crippen molar-refractivity contribution in [3.05, 3.63) is 65.7 Å². The second-order valence-corrected chi connectivity index (χ2v) is 8.73. The molecule has 2 heterocycles. The molecule has 0 saturated carbocycles. The first kappa shape index (κ1) is 25.2. The smallest absolute Gasteiger partial charge is 0.322 e. The molecule has 0 fully saturated rings. The Morgan fingerprint density at radius 2 is 1.83 bits per heavy atom. The van der Waals surface area contributed by atoms with Crippen LogP contribution < -0.4 is 14.8 Å². The van der Waals surface area contributed by atoms with Crippen molar-refractivity contribution < 1.29 is 23.5 Å². The maximum atomic E-state index is 13.2. The van der Waals surface area contributed by atoms with Crippen LogP contribution in [0, 0.1) is 0 Å². The van der Waals surface area contributed by atoms with Crippen LogP contribution in [0.4, 0.5) is 4.79 Å². The minimum Gasteiger partial charge on any atom is -0.497 e. The summed E-state index contributed by atoms with van der Waals surface area (Å²) in [5, 5.41) is 7.33. The molecule has 2 amide bonds. The summed E-state index contributed by atoms with van der Waals surface area (Å²) >= 11 is 0. The third-order valence-electron chi connectivity index (χ3n) is 6.01. The number of ether oxygens (including phenoxy) is 3. The van der Waals surface area contributed by atoms with Crippen LogP contribution in [0.5, 0.6) is 11.5 Å². The van der Waals surface area contributed by atoms with E-state index in [0.29, 0.717) is 37.0 Å². The van der Waals surface area contributed by atoms with E-state index in [1.54, 1.807) is 19.1 Å². The number of allylic oxidation sites excluding steroid dienone is 1. The molecule has 1 N–H and O–H groups in total. The van der Waals surface area contributed by atoms with Gasteiger partial charge in [-0.15, -0.1) is 0 Å². The number of urea groups is 1. The van der Waals surface area contributed by atoms with Crippen molar-refractivity contribution in [2.75, 3.05) is 27.4 Å². The maximum Gasteiger partial charge on any atom is 0.322 e. The predicted octanol–water partition coefficient (Wildman–Crippen LogP) is 5.07. The number of carbonyl (C=O) groups excluding carboxylic acids is 1. The van der Waals surface area contributed by atoms with Gasteiger partial charge >= 0.3 is 6.03 Å². The zero-order valence-corrected chi connectivity index (χ0v) is 21.3. The molecule has 3 aromatic rings. The lowest BCUT2D eigenvalue weighted by Gasteiger charge is -2.35. The number of nitrogens with one attached hydrogen (secondary N) is 1. The van der Waals surface area contributed by atoms with Gasteiger partial charge in [0.2, 0.25) is 5.82 Å². The van der Waals surface area contributed by atoms with E-state index in [2.05, 4.69) is 10.5 Å². The zero-order chi connectivity index (χ0) is 25.7. The molecular weight excluding hydrogens is 460 g/mol. The first-order valence-electron chi connectivity index (χ1n) is 11.9. The van der Waals surface area contributed by atoms with Gasteiger partial charge in [-0.25, -0.2) is 4.79 Å². The van der Waals surface area contributed by atoms with Gasteiger partial charge in [-0.05, 0) is 69.2 Å². The fourth-order valence-electron chi connectivity index (χ4n) is 4.13. The summed E-state index contributed by atoms with van der Waals surface area (Å²) in [6.07, 6.45) is 0.834. The highest BCUT2D eigenvalue weighted by Crippen LogP contribution is 2.38. The number of carbonyl (C=O) groups is 1. The summed E-state index contributed by atoms with van der Waals surface area (Å²) in [5.74, 6) is 2.23. The first-order chi connectivity index (χ1) is 17.4. The lowest BCUT2D eigenvalue weighted by Crippen LogP contribution is -2.46. The fourth-order valence-corrected chi connectivity index (χ4v) is 4.13. The minimum atomic E-state index is -0.486. The van der Waals surface area contributed by atoms with Gasteiger partial charge in [0.1, 0.15) is 11.5 Å². The molecule has 36 heavy (non-hydrogen) atoms. The molecule has 4 rings (SSSR count). The lowest BCUT2D eigenvalue weighted by molar-refractivity contribution is 0.0736. The van der Waals surface area contributed by atoms with Gasteiger partial charge in [-0.3, -0.25) is 4.90 Å². The summed E-state index contributed by atoms with van der Waals surface area (Å²) in [4.78, 5) is 19.6. The molecule has 0 bridgehead atoms. The molecule has 1 atom stereocenters. The number of rotatable bonds is 10. The number of benzene rings is 2. The van der Waals surface area contributed by atoms with Crippen molar-refractivity contribution >= 4 is 11.6 Å². The summed E-state index contributed by atoms with van der Waals surface area (Å²) < 4.78 is 22.1. The van der Waals surface area contributed by atoms with E-state index in [9.17, 15) is 4.79 Å².